The first-order valence-electron chi connectivity index (χ1n) is 7.51. The van der Waals surface area contributed by atoms with E-state index in [9.17, 15) is 13.2 Å². The van der Waals surface area contributed by atoms with Crippen molar-refractivity contribution in [2.75, 3.05) is 11.6 Å². The van der Waals surface area contributed by atoms with Crippen molar-refractivity contribution in [2.45, 2.75) is 36.7 Å². The molecule has 1 aromatic carbocycles. The van der Waals surface area contributed by atoms with Crippen LogP contribution in [-0.4, -0.2) is 30.5 Å². The summed E-state index contributed by atoms with van der Waals surface area (Å²) in [5.74, 6) is -0.223. The van der Waals surface area contributed by atoms with Gasteiger partial charge in [-0.15, -0.1) is 0 Å². The van der Waals surface area contributed by atoms with Gasteiger partial charge in [-0.3, -0.25) is 4.79 Å². The van der Waals surface area contributed by atoms with Crippen LogP contribution in [0.15, 0.2) is 34.3 Å². The van der Waals surface area contributed by atoms with Crippen LogP contribution in [0.2, 0.25) is 0 Å². The fourth-order valence-electron chi connectivity index (χ4n) is 2.37. The number of carbonyl (C=O) groups is 1. The first-order chi connectivity index (χ1) is 11.7. The largest absolute Gasteiger partial charge is 0.326 e. The topological polar surface area (TPSA) is 115 Å². The summed E-state index contributed by atoms with van der Waals surface area (Å²) in [7, 11) is -3.80. The molecule has 7 nitrogen and oxygen atoms in total. The van der Waals surface area contributed by atoms with Crippen molar-refractivity contribution in [3.63, 3.8) is 0 Å². The van der Waals surface area contributed by atoms with Crippen LogP contribution >= 0.6 is 11.8 Å². The van der Waals surface area contributed by atoms with E-state index in [0.717, 1.165) is 17.0 Å². The molecule has 0 radical (unpaired) electrons. The van der Waals surface area contributed by atoms with Gasteiger partial charge in [-0.25, -0.2) is 23.5 Å². The summed E-state index contributed by atoms with van der Waals surface area (Å²) in [6.07, 6.45) is 2.66. The lowest BCUT2D eigenvalue weighted by molar-refractivity contribution is -0.116. The molecule has 1 heterocycles. The van der Waals surface area contributed by atoms with Crippen molar-refractivity contribution in [1.29, 1.82) is 0 Å². The van der Waals surface area contributed by atoms with Gasteiger partial charge < -0.3 is 5.32 Å². The highest BCUT2D eigenvalue weighted by molar-refractivity contribution is 7.98. The summed E-state index contributed by atoms with van der Waals surface area (Å²) < 4.78 is 22.7. The van der Waals surface area contributed by atoms with E-state index in [4.69, 9.17) is 5.14 Å². The van der Waals surface area contributed by atoms with Crippen LogP contribution in [0, 0.1) is 13.8 Å². The lowest BCUT2D eigenvalue weighted by Crippen LogP contribution is -2.15. The third-order valence-electron chi connectivity index (χ3n) is 3.63. The SMILES string of the molecule is CSc1nc(C)c(CCC(=O)Nc2cccc(S(N)(=O)=O)c2)c(C)n1. The van der Waals surface area contributed by atoms with Crippen molar-refractivity contribution in [3.05, 3.63) is 41.2 Å². The molecule has 3 N–H and O–H groups in total. The van der Waals surface area contributed by atoms with Crippen molar-refractivity contribution in [3.8, 4) is 0 Å². The number of primary sulfonamides is 1. The van der Waals surface area contributed by atoms with Crippen molar-refractivity contribution >= 4 is 33.4 Å². The molecule has 1 aromatic heterocycles. The monoisotopic (exact) mass is 380 g/mol. The van der Waals surface area contributed by atoms with Crippen LogP contribution in [0.4, 0.5) is 5.69 Å². The van der Waals surface area contributed by atoms with E-state index in [2.05, 4.69) is 15.3 Å². The Morgan fingerprint density at radius 2 is 1.88 bits per heavy atom. The number of rotatable bonds is 6. The maximum atomic E-state index is 12.2. The number of amides is 1. The Hall–Kier alpha value is -1.97. The Bertz CT molecular complexity index is 875. The number of carbonyl (C=O) groups excluding carboxylic acids is 1. The Balaban J connectivity index is 2.05. The van der Waals surface area contributed by atoms with Crippen LogP contribution < -0.4 is 10.5 Å². The van der Waals surface area contributed by atoms with E-state index in [-0.39, 0.29) is 17.2 Å². The van der Waals surface area contributed by atoms with Crippen molar-refractivity contribution in [2.24, 2.45) is 5.14 Å². The zero-order valence-corrected chi connectivity index (χ0v) is 15.9. The molecule has 0 aliphatic heterocycles. The van der Waals surface area contributed by atoms with Gasteiger partial charge >= 0.3 is 0 Å². The second-order valence-corrected chi connectivity index (χ2v) is 7.82. The molecule has 2 rings (SSSR count). The van der Waals surface area contributed by atoms with Gasteiger partial charge in [-0.2, -0.15) is 0 Å². The number of nitrogens with one attached hydrogen (secondary N) is 1. The maximum absolute atomic E-state index is 12.2. The summed E-state index contributed by atoms with van der Waals surface area (Å²) in [5, 5.41) is 8.49. The quantitative estimate of drug-likeness (QED) is 0.585. The highest BCUT2D eigenvalue weighted by Crippen LogP contribution is 2.18. The van der Waals surface area contributed by atoms with Crippen LogP contribution in [0.25, 0.3) is 0 Å². The molecular formula is C16H20N4O3S2. The number of aromatic nitrogens is 2. The Kier molecular flexibility index (Phi) is 6.15. The number of sulfonamides is 1. The van der Waals surface area contributed by atoms with E-state index >= 15 is 0 Å². The normalized spacial score (nSPS) is 11.4. The van der Waals surface area contributed by atoms with E-state index < -0.39 is 10.0 Å². The van der Waals surface area contributed by atoms with Gasteiger partial charge in [-0.05, 0) is 50.3 Å². The lowest BCUT2D eigenvalue weighted by Gasteiger charge is -2.10. The molecule has 0 unspecified atom stereocenters. The Labute approximate surface area is 151 Å². The Morgan fingerprint density at radius 3 is 2.44 bits per heavy atom. The minimum atomic E-state index is -3.80. The fraction of sp³-hybridized carbons (Fsp3) is 0.312. The average molecular weight is 380 g/mol. The molecular weight excluding hydrogens is 360 g/mol. The van der Waals surface area contributed by atoms with Gasteiger partial charge in [-0.1, -0.05) is 17.8 Å². The molecule has 0 aliphatic carbocycles. The molecule has 134 valence electrons. The molecule has 0 fully saturated rings. The lowest BCUT2D eigenvalue weighted by atomic mass is 10.1. The third-order valence-corrected chi connectivity index (χ3v) is 5.09. The molecule has 0 bridgehead atoms. The molecule has 0 saturated carbocycles. The number of thioether (sulfide) groups is 1. The minimum Gasteiger partial charge on any atom is -0.326 e. The smallest absolute Gasteiger partial charge is 0.238 e. The standard InChI is InChI=1S/C16H20N4O3S2/c1-10-14(11(2)19-16(18-10)24-3)7-8-15(21)20-12-5-4-6-13(9-12)25(17,22)23/h4-6,9H,7-8H2,1-3H3,(H,20,21)(H2,17,22,23). The summed E-state index contributed by atoms with van der Waals surface area (Å²) in [5.41, 5.74) is 3.06. The van der Waals surface area contributed by atoms with Crippen LogP contribution in [0.3, 0.4) is 0 Å². The first-order valence-corrected chi connectivity index (χ1v) is 10.3. The zero-order valence-electron chi connectivity index (χ0n) is 14.2. The van der Waals surface area contributed by atoms with Gasteiger partial charge in [0.1, 0.15) is 0 Å². The van der Waals surface area contributed by atoms with Crippen molar-refractivity contribution in [1.82, 2.24) is 9.97 Å². The van der Waals surface area contributed by atoms with Crippen LogP contribution in [0.5, 0.6) is 0 Å². The fourth-order valence-corrected chi connectivity index (χ4v) is 3.39. The average Bonchev–Trinajstić information content (AvgIpc) is 2.53. The van der Waals surface area contributed by atoms with Gasteiger partial charge in [0.2, 0.25) is 15.9 Å². The van der Waals surface area contributed by atoms with Crippen LogP contribution in [0.1, 0.15) is 23.4 Å². The molecule has 1 amide bonds. The number of hydrogen-bond donors (Lipinski definition) is 2. The highest BCUT2D eigenvalue weighted by atomic mass is 32.2. The second kappa shape index (κ2) is 7.94. The second-order valence-electron chi connectivity index (χ2n) is 5.48. The molecule has 0 aliphatic rings. The number of anilines is 1. The maximum Gasteiger partial charge on any atom is 0.238 e. The highest BCUT2D eigenvalue weighted by Gasteiger charge is 2.12. The van der Waals surface area contributed by atoms with E-state index in [1.54, 1.807) is 6.07 Å². The Morgan fingerprint density at radius 1 is 1.24 bits per heavy atom. The number of hydrogen-bond acceptors (Lipinski definition) is 6. The third kappa shape index (κ3) is 5.25. The minimum absolute atomic E-state index is 0.0435. The molecule has 0 atom stereocenters. The summed E-state index contributed by atoms with van der Waals surface area (Å²) >= 11 is 1.47. The summed E-state index contributed by atoms with van der Waals surface area (Å²) in [4.78, 5) is 20.9. The van der Waals surface area contributed by atoms with E-state index in [1.807, 2.05) is 20.1 Å². The summed E-state index contributed by atoms with van der Waals surface area (Å²) in [6.45, 7) is 3.80. The number of nitrogens with two attached hydrogens (primary N) is 1. The van der Waals surface area contributed by atoms with Gasteiger partial charge in [0.15, 0.2) is 5.16 Å². The van der Waals surface area contributed by atoms with Gasteiger partial charge in [0.05, 0.1) is 4.90 Å². The van der Waals surface area contributed by atoms with Gasteiger partial charge in [0, 0.05) is 23.5 Å². The van der Waals surface area contributed by atoms with Gasteiger partial charge in [0.25, 0.3) is 0 Å². The number of benzene rings is 1. The molecule has 9 heteroatoms. The van der Waals surface area contributed by atoms with E-state index in [1.165, 1.54) is 30.0 Å². The van der Waals surface area contributed by atoms with E-state index in [0.29, 0.717) is 17.3 Å². The molecule has 25 heavy (non-hydrogen) atoms. The number of aryl methyl sites for hydroxylation is 2. The predicted octanol–water partition coefficient (Wildman–Crippen LogP) is 2.03. The molecule has 2 aromatic rings. The van der Waals surface area contributed by atoms with Crippen molar-refractivity contribution < 1.29 is 13.2 Å². The first kappa shape index (κ1) is 19.4. The predicted molar refractivity (Wildman–Crippen MR) is 98.1 cm³/mol. The molecule has 0 spiro atoms. The summed E-state index contributed by atoms with van der Waals surface area (Å²) in [6, 6.07) is 5.85. The van der Waals surface area contributed by atoms with Crippen LogP contribution in [-0.2, 0) is 21.2 Å². The molecule has 0 saturated heterocycles. The number of nitrogens with zero attached hydrogens (tertiary/aromatic N) is 2. The zero-order chi connectivity index (χ0) is 18.6.